The fourth-order valence-corrected chi connectivity index (χ4v) is 8.60. The van der Waals surface area contributed by atoms with Crippen molar-refractivity contribution in [2.45, 2.75) is 115 Å². The molecule has 1 spiro atoms. The molecule has 0 saturated heterocycles. The molecule has 0 radical (unpaired) electrons. The fraction of sp³-hybridized carbons (Fsp3) is 0.595. The number of methoxy groups -OCH3 is 1. The number of ether oxygens (including phenoxy) is 3. The van der Waals surface area contributed by atoms with E-state index in [1.807, 2.05) is 12.1 Å². The number of carbonyl (C=O) groups is 2. The molecule has 10 nitrogen and oxygen atoms in total. The van der Waals surface area contributed by atoms with E-state index in [4.69, 9.17) is 19.0 Å². The Morgan fingerprint density at radius 3 is 2.31 bits per heavy atom. The molecule has 2 aliphatic rings. The van der Waals surface area contributed by atoms with E-state index in [0.29, 0.717) is 52.9 Å². The third kappa shape index (κ3) is 14.5. The Balaban J connectivity index is 1.27. The molecule has 2 heterocycles. The molecule has 0 fully saturated rings. The van der Waals surface area contributed by atoms with Gasteiger partial charge in [-0.3, -0.25) is 9.59 Å². The summed E-state index contributed by atoms with van der Waals surface area (Å²) in [6, 6.07) is 3.97. The molecular formula is C37H51Br4N3O7. The molecule has 0 unspecified atom stereocenters. The Morgan fingerprint density at radius 2 is 1.63 bits per heavy atom. The van der Waals surface area contributed by atoms with Crippen LogP contribution in [0.15, 0.2) is 59.4 Å². The quantitative estimate of drug-likeness (QED) is 0.0737. The number of nitrogens with one attached hydrogen (secondary N) is 2. The number of allylic oxidation sites excluding steroid dienone is 3. The lowest BCUT2D eigenvalue weighted by atomic mass is 10.0. The van der Waals surface area contributed by atoms with E-state index in [1.54, 1.807) is 0 Å². The number of hydrogen-bond donors (Lipinski definition) is 3. The summed E-state index contributed by atoms with van der Waals surface area (Å²) in [5.74, 6) is -0.939. The van der Waals surface area contributed by atoms with Crippen LogP contribution in [-0.2, 0) is 30.3 Å². The normalized spacial score (nSPS) is 18.6. The van der Waals surface area contributed by atoms with Crippen molar-refractivity contribution >= 4 is 81.2 Å². The van der Waals surface area contributed by atoms with E-state index in [-0.39, 0.29) is 24.6 Å². The Bertz CT molecular complexity index is 1400. The second kappa shape index (κ2) is 23.7. The first-order valence-electron chi connectivity index (χ1n) is 17.8. The topological polar surface area (TPSA) is 128 Å². The molecule has 0 aromatic heterocycles. The number of nitrogens with zero attached hydrogens (tertiary/aromatic N) is 1. The first-order chi connectivity index (χ1) is 24.6. The largest absolute Gasteiger partial charge is 0.495 e. The number of aliphatic hydroxyl groups is 1. The number of carbonyl (C=O) groups excluding carboxylic acids is 2. The minimum Gasteiger partial charge on any atom is -0.495 e. The monoisotopic (exact) mass is 965 g/mol. The highest BCUT2D eigenvalue weighted by Crippen LogP contribution is 2.41. The number of oxime groups is 1. The number of hydrogen-bond acceptors (Lipinski definition) is 8. The minimum atomic E-state index is -1.60. The predicted molar refractivity (Wildman–Crippen MR) is 215 cm³/mol. The number of unbranched alkanes of at least 4 members (excludes halogenated alkanes) is 9. The molecule has 0 bridgehead atoms. The molecule has 1 aromatic carbocycles. The molecule has 2 amide bonds. The van der Waals surface area contributed by atoms with Crippen LogP contribution < -0.4 is 15.4 Å². The lowest BCUT2D eigenvalue weighted by Gasteiger charge is -2.27. The molecule has 3 rings (SSSR count). The van der Waals surface area contributed by atoms with Crippen LogP contribution in [-0.4, -0.2) is 61.3 Å². The zero-order valence-corrected chi connectivity index (χ0v) is 35.9. The Kier molecular flexibility index (Phi) is 20.3. The van der Waals surface area contributed by atoms with Crippen molar-refractivity contribution in [1.29, 1.82) is 0 Å². The van der Waals surface area contributed by atoms with Gasteiger partial charge in [0.25, 0.3) is 5.91 Å². The first kappa shape index (κ1) is 43.5. The smallest absolute Gasteiger partial charge is 0.311 e. The van der Waals surface area contributed by atoms with E-state index < -0.39 is 17.8 Å². The highest BCUT2D eigenvalue weighted by molar-refractivity contribution is 9.12. The molecule has 3 N–H and O–H groups in total. The van der Waals surface area contributed by atoms with Crippen LogP contribution in [0.4, 0.5) is 0 Å². The second-order valence-corrected chi connectivity index (χ2v) is 16.1. The SMILES string of the molecule is CCCCCC=CCCCCCCCCC(=O)NCCc1cc(Br)c(OCCCNC(=O)C2=NO[C@@]3(CC(Br)=C(OC)C(Br)=CO3)[C@H]2O)c(Br)c1. The molecular weight excluding hydrogens is 918 g/mol. The van der Waals surface area contributed by atoms with Gasteiger partial charge in [-0.05, 0) is 110 Å². The average molecular weight is 969 g/mol. The standard InChI is InChI=1S/C37H51Br4N3O7/c1-3-4-5-6-7-8-9-10-11-12-13-14-15-17-31(45)42-20-18-26-22-27(38)34(28(39)23-26)49-21-16-19-43-36(47)32-35(46)37(51-44-32)24-29(40)33(48-2)30(41)25-50-37/h7-8,22-23,25,35,46H,3-6,9-21,24H2,1-2H3,(H,42,45)(H,43,47)/t35-,37-/m0/s1. The highest BCUT2D eigenvalue weighted by atomic mass is 79.9. The van der Waals surface area contributed by atoms with Crippen molar-refractivity contribution in [3.8, 4) is 5.75 Å². The van der Waals surface area contributed by atoms with E-state index in [9.17, 15) is 14.7 Å². The summed E-state index contributed by atoms with van der Waals surface area (Å²) in [4.78, 5) is 30.6. The maximum atomic E-state index is 12.8. The maximum absolute atomic E-state index is 12.8. The van der Waals surface area contributed by atoms with E-state index in [1.165, 1.54) is 71.2 Å². The molecule has 51 heavy (non-hydrogen) atoms. The van der Waals surface area contributed by atoms with Gasteiger partial charge in [-0.25, -0.2) is 0 Å². The number of amides is 2. The van der Waals surface area contributed by atoms with Gasteiger partial charge in [-0.2, -0.15) is 0 Å². The number of benzene rings is 1. The number of halogens is 4. The summed E-state index contributed by atoms with van der Waals surface area (Å²) < 4.78 is 19.7. The zero-order chi connectivity index (χ0) is 37.1. The van der Waals surface area contributed by atoms with Gasteiger partial charge in [0.2, 0.25) is 5.91 Å². The van der Waals surface area contributed by atoms with E-state index in [2.05, 4.69) is 98.6 Å². The second-order valence-electron chi connectivity index (χ2n) is 12.6. The van der Waals surface area contributed by atoms with Crippen LogP contribution in [0, 0.1) is 0 Å². The van der Waals surface area contributed by atoms with Crippen molar-refractivity contribution in [3.05, 3.63) is 59.8 Å². The molecule has 284 valence electrons. The molecule has 0 saturated carbocycles. The van der Waals surface area contributed by atoms with Crippen LogP contribution in [0.5, 0.6) is 5.75 Å². The van der Waals surface area contributed by atoms with Gasteiger partial charge in [0, 0.05) is 24.0 Å². The highest BCUT2D eigenvalue weighted by Gasteiger charge is 2.54. The van der Waals surface area contributed by atoms with Crippen molar-refractivity contribution < 1.29 is 33.7 Å². The van der Waals surface area contributed by atoms with E-state index >= 15 is 0 Å². The predicted octanol–water partition coefficient (Wildman–Crippen LogP) is 9.37. The maximum Gasteiger partial charge on any atom is 0.311 e. The summed E-state index contributed by atoms with van der Waals surface area (Å²) in [5, 5.41) is 20.5. The van der Waals surface area contributed by atoms with Crippen LogP contribution in [0.2, 0.25) is 0 Å². The molecule has 2 atom stereocenters. The first-order valence-corrected chi connectivity index (χ1v) is 21.0. The molecule has 14 heteroatoms. The Morgan fingerprint density at radius 1 is 0.961 bits per heavy atom. The third-order valence-electron chi connectivity index (χ3n) is 8.45. The average Bonchev–Trinajstić information content (AvgIpc) is 3.34. The summed E-state index contributed by atoms with van der Waals surface area (Å²) in [5.41, 5.74) is 0.874. The van der Waals surface area contributed by atoms with Gasteiger partial charge in [0.1, 0.15) is 17.8 Å². The van der Waals surface area contributed by atoms with Gasteiger partial charge >= 0.3 is 5.79 Å². The molecule has 2 aliphatic heterocycles. The summed E-state index contributed by atoms with van der Waals surface area (Å²) in [6.45, 7) is 3.42. The lowest BCUT2D eigenvalue weighted by molar-refractivity contribution is -0.225. The number of aliphatic hydroxyl groups excluding tert-OH is 1. The molecule has 0 aliphatic carbocycles. The van der Waals surface area contributed by atoms with Gasteiger partial charge in [-0.1, -0.05) is 78.7 Å². The minimum absolute atomic E-state index is 0.0619. The fourth-order valence-electron chi connectivity index (χ4n) is 5.57. The van der Waals surface area contributed by atoms with Gasteiger partial charge in [0.05, 0.1) is 33.6 Å². The van der Waals surface area contributed by atoms with Crippen molar-refractivity contribution in [2.24, 2.45) is 5.16 Å². The van der Waals surface area contributed by atoms with Crippen molar-refractivity contribution in [1.82, 2.24) is 10.6 Å². The summed E-state index contributed by atoms with van der Waals surface area (Å²) >= 11 is 14.0. The van der Waals surface area contributed by atoms with Crippen LogP contribution in [0.3, 0.4) is 0 Å². The summed E-state index contributed by atoms with van der Waals surface area (Å²) in [7, 11) is 1.51. The van der Waals surface area contributed by atoms with Gasteiger partial charge in [0.15, 0.2) is 11.8 Å². The summed E-state index contributed by atoms with van der Waals surface area (Å²) in [6.07, 6.45) is 19.7. The zero-order valence-electron chi connectivity index (χ0n) is 29.5. The van der Waals surface area contributed by atoms with Crippen molar-refractivity contribution in [2.75, 3.05) is 26.8 Å². The van der Waals surface area contributed by atoms with Crippen LogP contribution in [0.1, 0.15) is 102 Å². The third-order valence-corrected chi connectivity index (χ3v) is 10.8. The van der Waals surface area contributed by atoms with Crippen LogP contribution >= 0.6 is 63.7 Å². The van der Waals surface area contributed by atoms with Gasteiger partial charge < -0.3 is 34.8 Å². The number of rotatable bonds is 23. The van der Waals surface area contributed by atoms with Crippen molar-refractivity contribution in [3.63, 3.8) is 0 Å². The Hall–Kier alpha value is -1.87. The lowest BCUT2D eigenvalue weighted by Crippen LogP contribution is -2.49. The van der Waals surface area contributed by atoms with Gasteiger partial charge in [-0.15, -0.1) is 0 Å². The Labute approximate surface area is 336 Å². The van der Waals surface area contributed by atoms with Crippen LogP contribution in [0.25, 0.3) is 0 Å². The molecule has 1 aromatic rings. The van der Waals surface area contributed by atoms with E-state index in [0.717, 1.165) is 27.4 Å².